The Bertz CT molecular complexity index is 564. The van der Waals surface area contributed by atoms with Gasteiger partial charge in [0.15, 0.2) is 0 Å². The van der Waals surface area contributed by atoms with Gasteiger partial charge in [0.1, 0.15) is 6.61 Å². The maximum atomic E-state index is 13.0. The third-order valence-corrected chi connectivity index (χ3v) is 4.44. The smallest absolute Gasteiger partial charge is 0.416 e. The Hall–Kier alpha value is -1.56. The van der Waals surface area contributed by atoms with Gasteiger partial charge in [0.05, 0.1) is 17.6 Å². The summed E-state index contributed by atoms with van der Waals surface area (Å²) in [4.78, 5) is 12.0. The fourth-order valence-electron chi connectivity index (χ4n) is 3.10. The molecule has 0 N–H and O–H groups in total. The molecule has 1 aromatic carbocycles. The molecule has 2 fully saturated rings. The summed E-state index contributed by atoms with van der Waals surface area (Å²) < 4.78 is 49.8. The van der Waals surface area contributed by atoms with Crippen LogP contribution in [0.1, 0.15) is 42.7 Å². The predicted molar refractivity (Wildman–Crippen MR) is 76.8 cm³/mol. The number of halogens is 3. The number of alkyl halides is 3. The van der Waals surface area contributed by atoms with Crippen molar-refractivity contribution in [2.24, 2.45) is 5.92 Å². The van der Waals surface area contributed by atoms with Crippen LogP contribution < -0.4 is 0 Å². The Balaban J connectivity index is 1.58. The van der Waals surface area contributed by atoms with Crippen LogP contribution in [0.4, 0.5) is 13.2 Å². The van der Waals surface area contributed by atoms with Crippen molar-refractivity contribution in [3.8, 4) is 0 Å². The van der Waals surface area contributed by atoms with Crippen LogP contribution in [0.3, 0.4) is 0 Å². The molecule has 0 bridgehead atoms. The molecule has 0 radical (unpaired) electrons. The molecule has 3 nitrogen and oxygen atoms in total. The van der Waals surface area contributed by atoms with Gasteiger partial charge in [-0.15, -0.1) is 0 Å². The molecular formula is C17H19F3O3. The number of carbonyl (C=O) groups excluding carboxylic acids is 1. The van der Waals surface area contributed by atoms with Crippen LogP contribution in [0.15, 0.2) is 24.3 Å². The molecule has 0 spiro atoms. The third-order valence-electron chi connectivity index (χ3n) is 4.44. The predicted octanol–water partition coefficient (Wildman–Crippen LogP) is 3.92. The number of benzene rings is 1. The highest BCUT2D eigenvalue weighted by Crippen LogP contribution is 2.51. The SMILES string of the molecule is O=C(OCC1CCCCO1)C1CC1c1ccccc1C(F)(F)F. The molecule has 1 saturated heterocycles. The van der Waals surface area contributed by atoms with Gasteiger partial charge in [0.2, 0.25) is 0 Å². The summed E-state index contributed by atoms with van der Waals surface area (Å²) in [6, 6.07) is 5.44. The normalized spacial score (nSPS) is 27.5. The highest BCUT2D eigenvalue weighted by molar-refractivity contribution is 5.77. The first-order chi connectivity index (χ1) is 11.0. The number of rotatable bonds is 4. The molecule has 6 heteroatoms. The topological polar surface area (TPSA) is 35.5 Å². The molecule has 3 rings (SSSR count). The molecule has 1 aliphatic carbocycles. The van der Waals surface area contributed by atoms with Crippen LogP contribution in [0, 0.1) is 5.92 Å². The average molecular weight is 328 g/mol. The summed E-state index contributed by atoms with van der Waals surface area (Å²) in [6.07, 6.45) is -1.14. The molecule has 1 heterocycles. The van der Waals surface area contributed by atoms with Crippen LogP contribution in [0.5, 0.6) is 0 Å². The number of hydrogen-bond donors (Lipinski definition) is 0. The molecule has 126 valence electrons. The fourth-order valence-corrected chi connectivity index (χ4v) is 3.10. The van der Waals surface area contributed by atoms with E-state index in [1.54, 1.807) is 6.07 Å². The molecule has 1 aromatic rings. The van der Waals surface area contributed by atoms with E-state index in [0.29, 0.717) is 13.0 Å². The second-order valence-corrected chi connectivity index (χ2v) is 6.15. The van der Waals surface area contributed by atoms with Crippen molar-refractivity contribution in [3.63, 3.8) is 0 Å². The monoisotopic (exact) mass is 328 g/mol. The maximum absolute atomic E-state index is 13.0. The van der Waals surface area contributed by atoms with Crippen molar-refractivity contribution < 1.29 is 27.4 Å². The molecule has 3 atom stereocenters. The van der Waals surface area contributed by atoms with Gasteiger partial charge in [-0.05, 0) is 43.2 Å². The second kappa shape index (κ2) is 6.51. The lowest BCUT2D eigenvalue weighted by atomic mass is 10.0. The zero-order valence-electron chi connectivity index (χ0n) is 12.6. The standard InChI is InChI=1S/C17H19F3O3/c18-17(19,20)15-7-2-1-6-12(15)13-9-14(13)16(21)23-10-11-5-3-4-8-22-11/h1-2,6-7,11,13-14H,3-5,8-10H2. The molecule has 0 amide bonds. The Morgan fingerprint density at radius 1 is 1.26 bits per heavy atom. The Morgan fingerprint density at radius 3 is 2.74 bits per heavy atom. The first-order valence-electron chi connectivity index (χ1n) is 7.91. The minimum absolute atomic E-state index is 0.0765. The van der Waals surface area contributed by atoms with Gasteiger partial charge in [-0.25, -0.2) is 0 Å². The van der Waals surface area contributed by atoms with Gasteiger partial charge in [-0.2, -0.15) is 13.2 Å². The van der Waals surface area contributed by atoms with Gasteiger partial charge in [0.25, 0.3) is 0 Å². The lowest BCUT2D eigenvalue weighted by Gasteiger charge is -2.22. The van der Waals surface area contributed by atoms with Crippen LogP contribution in [0.25, 0.3) is 0 Å². The molecule has 2 aliphatic rings. The maximum Gasteiger partial charge on any atom is 0.416 e. The Morgan fingerprint density at radius 2 is 2.04 bits per heavy atom. The summed E-state index contributed by atoms with van der Waals surface area (Å²) >= 11 is 0. The summed E-state index contributed by atoms with van der Waals surface area (Å²) in [7, 11) is 0. The van der Waals surface area contributed by atoms with Crippen molar-refractivity contribution in [1.29, 1.82) is 0 Å². The summed E-state index contributed by atoms with van der Waals surface area (Å²) in [5.74, 6) is -1.28. The minimum atomic E-state index is -4.40. The minimum Gasteiger partial charge on any atom is -0.463 e. The van der Waals surface area contributed by atoms with E-state index in [1.165, 1.54) is 12.1 Å². The van der Waals surface area contributed by atoms with Crippen LogP contribution >= 0.6 is 0 Å². The fraction of sp³-hybridized carbons (Fsp3) is 0.588. The molecule has 1 saturated carbocycles. The lowest BCUT2D eigenvalue weighted by Crippen LogP contribution is -2.26. The average Bonchev–Trinajstić information content (AvgIpc) is 3.33. The van der Waals surface area contributed by atoms with E-state index in [-0.39, 0.29) is 18.3 Å². The number of esters is 1. The molecule has 23 heavy (non-hydrogen) atoms. The highest BCUT2D eigenvalue weighted by Gasteiger charge is 2.48. The summed E-state index contributed by atoms with van der Waals surface area (Å²) in [6.45, 7) is 0.871. The van der Waals surface area contributed by atoms with Gasteiger partial charge in [-0.3, -0.25) is 4.79 Å². The Labute approximate surface area is 132 Å². The van der Waals surface area contributed by atoms with Crippen molar-refractivity contribution in [2.75, 3.05) is 13.2 Å². The van der Waals surface area contributed by atoms with Crippen molar-refractivity contribution in [2.45, 2.75) is 43.9 Å². The quantitative estimate of drug-likeness (QED) is 0.786. The van der Waals surface area contributed by atoms with E-state index in [1.807, 2.05) is 0 Å². The zero-order valence-corrected chi connectivity index (χ0v) is 12.6. The number of ether oxygens (including phenoxy) is 2. The van der Waals surface area contributed by atoms with Gasteiger partial charge < -0.3 is 9.47 Å². The van der Waals surface area contributed by atoms with Gasteiger partial charge in [0, 0.05) is 6.61 Å². The van der Waals surface area contributed by atoms with Crippen LogP contribution in [-0.4, -0.2) is 25.3 Å². The summed E-state index contributed by atoms with van der Waals surface area (Å²) in [5, 5.41) is 0. The highest BCUT2D eigenvalue weighted by atomic mass is 19.4. The van der Waals surface area contributed by atoms with Gasteiger partial charge >= 0.3 is 12.1 Å². The third kappa shape index (κ3) is 3.86. The van der Waals surface area contributed by atoms with E-state index in [4.69, 9.17) is 9.47 Å². The van der Waals surface area contributed by atoms with E-state index < -0.39 is 29.5 Å². The molecule has 3 unspecified atom stereocenters. The summed E-state index contributed by atoms with van der Waals surface area (Å²) in [5.41, 5.74) is -0.466. The van der Waals surface area contributed by atoms with Crippen LogP contribution in [0.2, 0.25) is 0 Å². The van der Waals surface area contributed by atoms with Crippen molar-refractivity contribution >= 4 is 5.97 Å². The first kappa shape index (κ1) is 16.3. The molecule has 0 aromatic heterocycles. The van der Waals surface area contributed by atoms with Gasteiger partial charge in [-0.1, -0.05) is 18.2 Å². The Kier molecular flexibility index (Phi) is 4.62. The van der Waals surface area contributed by atoms with Crippen LogP contribution in [-0.2, 0) is 20.4 Å². The lowest BCUT2D eigenvalue weighted by molar-refractivity contribution is -0.151. The van der Waals surface area contributed by atoms with Crippen molar-refractivity contribution in [1.82, 2.24) is 0 Å². The van der Waals surface area contributed by atoms with Crippen molar-refractivity contribution in [3.05, 3.63) is 35.4 Å². The van der Waals surface area contributed by atoms with E-state index in [2.05, 4.69) is 0 Å². The first-order valence-corrected chi connectivity index (χ1v) is 7.91. The van der Waals surface area contributed by atoms with E-state index in [9.17, 15) is 18.0 Å². The van der Waals surface area contributed by atoms with E-state index in [0.717, 1.165) is 25.3 Å². The number of carbonyl (C=O) groups is 1. The largest absolute Gasteiger partial charge is 0.463 e. The zero-order chi connectivity index (χ0) is 16.4. The number of hydrogen-bond acceptors (Lipinski definition) is 3. The molecular weight excluding hydrogens is 309 g/mol. The second-order valence-electron chi connectivity index (χ2n) is 6.15. The van der Waals surface area contributed by atoms with E-state index >= 15 is 0 Å². The molecule has 1 aliphatic heterocycles.